The molecule has 0 saturated carbocycles. The molecule has 0 unspecified atom stereocenters. The third-order valence-electron chi connectivity index (χ3n) is 11.4. The van der Waals surface area contributed by atoms with E-state index in [1.165, 1.54) is 16.7 Å². The van der Waals surface area contributed by atoms with Crippen molar-refractivity contribution in [3.05, 3.63) is 229 Å². The van der Waals surface area contributed by atoms with Crippen LogP contribution in [-0.2, 0) is 0 Å². The summed E-state index contributed by atoms with van der Waals surface area (Å²) in [6, 6.07) is 72.5. The standard InChI is InChI=1S/C53H36N4O/c1-4-18-35(19-5-1)49(36-20-6-2-7-21-36)50(37-22-8-3-9-23-37)42-27-10-11-28-43(42)52-54-51(38-32-33-48-44(34-38)41-26-14-17-31-47(41)58-48)55-53(56-52)57-45-29-15-12-24-39(45)40-25-13-16-30-46(40)57/h1-34,49-50H/t50-/m1/s1. The maximum absolute atomic E-state index is 6.24. The van der Waals surface area contributed by atoms with Crippen molar-refractivity contribution in [2.24, 2.45) is 0 Å². The van der Waals surface area contributed by atoms with Crippen LogP contribution in [0.1, 0.15) is 34.1 Å². The fourth-order valence-electron chi connectivity index (χ4n) is 8.80. The highest BCUT2D eigenvalue weighted by atomic mass is 16.3. The van der Waals surface area contributed by atoms with Crippen molar-refractivity contribution < 1.29 is 4.42 Å². The summed E-state index contributed by atoms with van der Waals surface area (Å²) in [6.07, 6.45) is 0. The number of aromatic nitrogens is 4. The van der Waals surface area contributed by atoms with Gasteiger partial charge in [0.15, 0.2) is 11.6 Å². The summed E-state index contributed by atoms with van der Waals surface area (Å²) in [4.78, 5) is 16.1. The van der Waals surface area contributed by atoms with E-state index in [4.69, 9.17) is 19.4 Å². The van der Waals surface area contributed by atoms with Crippen LogP contribution in [0.15, 0.2) is 211 Å². The van der Waals surface area contributed by atoms with Crippen molar-refractivity contribution in [2.45, 2.75) is 11.8 Å². The van der Waals surface area contributed by atoms with Gasteiger partial charge in [-0.15, -0.1) is 0 Å². The second-order valence-electron chi connectivity index (χ2n) is 14.7. The van der Waals surface area contributed by atoms with Crippen LogP contribution >= 0.6 is 0 Å². The van der Waals surface area contributed by atoms with Gasteiger partial charge >= 0.3 is 0 Å². The normalized spacial score (nSPS) is 12.2. The van der Waals surface area contributed by atoms with Gasteiger partial charge in [0.25, 0.3) is 0 Å². The Morgan fingerprint density at radius 2 is 0.879 bits per heavy atom. The molecular weight excluding hydrogens is 709 g/mol. The van der Waals surface area contributed by atoms with E-state index in [1.807, 2.05) is 24.3 Å². The quantitative estimate of drug-likeness (QED) is 0.155. The van der Waals surface area contributed by atoms with Crippen LogP contribution in [-0.4, -0.2) is 19.5 Å². The first kappa shape index (κ1) is 33.7. The maximum Gasteiger partial charge on any atom is 0.238 e. The van der Waals surface area contributed by atoms with Crippen molar-refractivity contribution in [3.63, 3.8) is 0 Å². The Morgan fingerprint density at radius 1 is 0.379 bits per heavy atom. The minimum absolute atomic E-state index is 0.000781. The number of benzene rings is 8. The molecule has 0 radical (unpaired) electrons. The monoisotopic (exact) mass is 744 g/mol. The second-order valence-corrected chi connectivity index (χ2v) is 14.7. The van der Waals surface area contributed by atoms with E-state index in [1.54, 1.807) is 0 Å². The maximum atomic E-state index is 6.24. The molecule has 1 atom stereocenters. The highest BCUT2D eigenvalue weighted by molar-refractivity contribution is 6.09. The largest absolute Gasteiger partial charge is 0.456 e. The fraction of sp³-hybridized carbons (Fsp3) is 0.0377. The van der Waals surface area contributed by atoms with Crippen LogP contribution in [0.2, 0.25) is 0 Å². The first-order valence-electron chi connectivity index (χ1n) is 19.7. The van der Waals surface area contributed by atoms with Crippen LogP contribution in [0.4, 0.5) is 0 Å². The predicted molar refractivity (Wildman–Crippen MR) is 235 cm³/mol. The summed E-state index contributed by atoms with van der Waals surface area (Å²) in [5.74, 6) is 1.68. The van der Waals surface area contributed by atoms with Crippen molar-refractivity contribution in [2.75, 3.05) is 0 Å². The van der Waals surface area contributed by atoms with Crippen LogP contribution in [0.5, 0.6) is 0 Å². The van der Waals surface area contributed by atoms with E-state index in [2.05, 4.69) is 187 Å². The molecule has 3 aromatic heterocycles. The lowest BCUT2D eigenvalue weighted by Crippen LogP contribution is -2.16. The number of fused-ring (bicyclic) bond motifs is 6. The van der Waals surface area contributed by atoms with Crippen LogP contribution < -0.4 is 0 Å². The predicted octanol–water partition coefficient (Wildman–Crippen LogP) is 13.2. The zero-order valence-corrected chi connectivity index (χ0v) is 31.5. The van der Waals surface area contributed by atoms with Crippen LogP contribution in [0.25, 0.3) is 72.5 Å². The summed E-state index contributed by atoms with van der Waals surface area (Å²) in [5, 5.41) is 4.36. The Balaban J connectivity index is 1.19. The molecule has 0 aliphatic carbocycles. The lowest BCUT2D eigenvalue weighted by molar-refractivity contribution is 0.669. The van der Waals surface area contributed by atoms with Gasteiger partial charge in [0.2, 0.25) is 5.95 Å². The van der Waals surface area contributed by atoms with Crippen molar-refractivity contribution in [3.8, 4) is 28.7 Å². The first-order chi connectivity index (χ1) is 28.8. The molecule has 11 aromatic rings. The first-order valence-corrected chi connectivity index (χ1v) is 19.7. The number of furan rings is 1. The molecule has 0 spiro atoms. The third-order valence-corrected chi connectivity index (χ3v) is 11.4. The zero-order chi connectivity index (χ0) is 38.4. The average molecular weight is 745 g/mol. The highest BCUT2D eigenvalue weighted by Gasteiger charge is 2.31. The van der Waals surface area contributed by atoms with E-state index in [-0.39, 0.29) is 11.8 Å². The zero-order valence-electron chi connectivity index (χ0n) is 31.5. The summed E-state index contributed by atoms with van der Waals surface area (Å²) < 4.78 is 8.42. The summed E-state index contributed by atoms with van der Waals surface area (Å²) >= 11 is 0. The summed E-state index contributed by atoms with van der Waals surface area (Å²) in [7, 11) is 0. The van der Waals surface area contributed by atoms with Crippen LogP contribution in [0, 0.1) is 0 Å². The smallest absolute Gasteiger partial charge is 0.238 e. The molecule has 3 heterocycles. The molecule has 0 aliphatic heterocycles. The molecule has 0 amide bonds. The van der Waals surface area contributed by atoms with Gasteiger partial charge in [0, 0.05) is 44.5 Å². The van der Waals surface area contributed by atoms with E-state index in [9.17, 15) is 0 Å². The lowest BCUT2D eigenvalue weighted by Gasteiger charge is -2.31. The molecule has 274 valence electrons. The second kappa shape index (κ2) is 14.1. The number of hydrogen-bond donors (Lipinski definition) is 0. The van der Waals surface area contributed by atoms with E-state index >= 15 is 0 Å². The molecule has 0 aliphatic rings. The summed E-state index contributed by atoms with van der Waals surface area (Å²) in [6.45, 7) is 0. The van der Waals surface area contributed by atoms with Crippen molar-refractivity contribution in [1.82, 2.24) is 19.5 Å². The molecule has 11 rings (SSSR count). The number of rotatable bonds is 8. The molecule has 8 aromatic carbocycles. The SMILES string of the molecule is c1ccc(C(c2ccccc2)[C@H](c2ccccc2)c2ccccc2-c2nc(-c3ccc4oc5ccccc5c4c3)nc(-n3c4ccccc4c4ccccc43)n2)cc1. The highest BCUT2D eigenvalue weighted by Crippen LogP contribution is 2.46. The summed E-state index contributed by atoms with van der Waals surface area (Å²) in [5.41, 5.74) is 10.4. The molecule has 0 saturated heterocycles. The Kier molecular flexibility index (Phi) is 8.21. The van der Waals surface area contributed by atoms with Crippen molar-refractivity contribution >= 4 is 43.7 Å². The minimum Gasteiger partial charge on any atom is -0.456 e. The van der Waals surface area contributed by atoms with Gasteiger partial charge in [0.1, 0.15) is 11.2 Å². The van der Waals surface area contributed by atoms with Gasteiger partial charge in [-0.2, -0.15) is 9.97 Å². The molecule has 5 heteroatoms. The molecule has 0 N–H and O–H groups in total. The third kappa shape index (κ3) is 5.75. The number of hydrogen-bond acceptors (Lipinski definition) is 4. The molecule has 58 heavy (non-hydrogen) atoms. The minimum atomic E-state index is -0.0762. The van der Waals surface area contributed by atoms with Crippen molar-refractivity contribution in [1.29, 1.82) is 0 Å². The Morgan fingerprint density at radius 3 is 1.53 bits per heavy atom. The van der Waals surface area contributed by atoms with Gasteiger partial charge < -0.3 is 4.42 Å². The molecule has 0 fully saturated rings. The topological polar surface area (TPSA) is 56.7 Å². The fourth-order valence-corrected chi connectivity index (χ4v) is 8.80. The Hall–Kier alpha value is -7.63. The molecule has 5 nitrogen and oxygen atoms in total. The lowest BCUT2D eigenvalue weighted by atomic mass is 9.72. The van der Waals surface area contributed by atoms with Gasteiger partial charge in [-0.05, 0) is 58.7 Å². The number of para-hydroxylation sites is 3. The van der Waals surface area contributed by atoms with Gasteiger partial charge in [-0.25, -0.2) is 4.98 Å². The Labute approximate surface area is 335 Å². The van der Waals surface area contributed by atoms with Gasteiger partial charge in [0.05, 0.1) is 11.0 Å². The van der Waals surface area contributed by atoms with Crippen LogP contribution in [0.3, 0.4) is 0 Å². The van der Waals surface area contributed by atoms with E-state index in [0.29, 0.717) is 17.6 Å². The number of nitrogens with zero attached hydrogens (tertiary/aromatic N) is 4. The average Bonchev–Trinajstić information content (AvgIpc) is 3.84. The van der Waals surface area contributed by atoms with Gasteiger partial charge in [-0.3, -0.25) is 4.57 Å². The Bertz CT molecular complexity index is 3150. The van der Waals surface area contributed by atoms with Gasteiger partial charge in [-0.1, -0.05) is 170 Å². The van der Waals surface area contributed by atoms with E-state index in [0.717, 1.165) is 60.4 Å². The molecule has 0 bridgehead atoms. The van der Waals surface area contributed by atoms with E-state index < -0.39 is 0 Å². The molecular formula is C53H36N4O.